The lowest BCUT2D eigenvalue weighted by atomic mass is 9.90. The number of hydrazine groups is 1. The smallest absolute Gasteiger partial charge is 0.308 e. The molecule has 1 aliphatic heterocycles. The van der Waals surface area contributed by atoms with Gasteiger partial charge in [0.05, 0.1) is 31.9 Å². The molecule has 0 radical (unpaired) electrons. The minimum Gasteiger partial charge on any atom is -0.469 e. The molecule has 29 heavy (non-hydrogen) atoms. The predicted octanol–water partition coefficient (Wildman–Crippen LogP) is -1.05. The van der Waals surface area contributed by atoms with Gasteiger partial charge in [0.2, 0.25) is 0 Å². The summed E-state index contributed by atoms with van der Waals surface area (Å²) in [5.74, 6) is 0.542. The van der Waals surface area contributed by atoms with Gasteiger partial charge >= 0.3 is 5.97 Å². The minimum atomic E-state index is -1.67. The lowest BCUT2D eigenvalue weighted by molar-refractivity contribution is -0.213. The highest BCUT2D eigenvalue weighted by Gasteiger charge is 2.46. The first-order valence-corrected chi connectivity index (χ1v) is 8.45. The summed E-state index contributed by atoms with van der Waals surface area (Å²) in [7, 11) is 1.13. The summed E-state index contributed by atoms with van der Waals surface area (Å²) in [6.45, 7) is -0.649. The number of ether oxygens (including phenoxy) is 2. The average molecular weight is 421 g/mol. The third-order valence-electron chi connectivity index (χ3n) is 4.54. The maximum absolute atomic E-state index is 13.4. The summed E-state index contributed by atoms with van der Waals surface area (Å²) in [6, 6.07) is -0.0268. The van der Waals surface area contributed by atoms with Crippen molar-refractivity contribution in [1.82, 2.24) is 5.01 Å². The highest BCUT2D eigenvalue weighted by molar-refractivity contribution is 5.70. The molecule has 1 saturated heterocycles. The van der Waals surface area contributed by atoms with E-state index < -0.39 is 66.9 Å². The SMILES string of the molecule is COC(=O)CC1OC(CO)C(O)C(N(N)/C=C(\N)c2cc(F)c(F)c(F)c2)C1O. The zero-order valence-electron chi connectivity index (χ0n) is 15.3. The number of nitrogens with two attached hydrogens (primary N) is 2. The summed E-state index contributed by atoms with van der Waals surface area (Å²) < 4.78 is 49.8. The Hall–Kier alpha value is -2.38. The van der Waals surface area contributed by atoms with Gasteiger partial charge in [-0.05, 0) is 12.1 Å². The van der Waals surface area contributed by atoms with E-state index in [-0.39, 0.29) is 11.3 Å². The van der Waals surface area contributed by atoms with Crippen LogP contribution in [0.5, 0.6) is 0 Å². The molecular formula is C17H22F3N3O6. The molecule has 9 nitrogen and oxygen atoms in total. The normalized spacial score (nSPS) is 27.6. The van der Waals surface area contributed by atoms with E-state index in [1.54, 1.807) is 0 Å². The number of halogens is 3. The van der Waals surface area contributed by atoms with Gasteiger partial charge in [-0.15, -0.1) is 0 Å². The van der Waals surface area contributed by atoms with Crippen molar-refractivity contribution in [2.45, 2.75) is 36.9 Å². The van der Waals surface area contributed by atoms with Gasteiger partial charge < -0.3 is 35.5 Å². The second-order valence-electron chi connectivity index (χ2n) is 6.43. The number of aliphatic hydroxyl groups excluding tert-OH is 3. The molecule has 0 amide bonds. The number of hydrogen-bond donors (Lipinski definition) is 5. The van der Waals surface area contributed by atoms with E-state index in [2.05, 4.69) is 4.74 Å². The number of nitrogens with zero attached hydrogens (tertiary/aromatic N) is 1. The summed E-state index contributed by atoms with van der Waals surface area (Å²) in [6.07, 6.45) is -4.84. The van der Waals surface area contributed by atoms with Gasteiger partial charge in [-0.2, -0.15) is 0 Å². The third kappa shape index (κ3) is 4.97. The van der Waals surface area contributed by atoms with E-state index in [1.807, 2.05) is 0 Å². The summed E-state index contributed by atoms with van der Waals surface area (Å²) >= 11 is 0. The van der Waals surface area contributed by atoms with E-state index in [0.29, 0.717) is 12.1 Å². The summed E-state index contributed by atoms with van der Waals surface area (Å²) in [5, 5.41) is 31.0. The van der Waals surface area contributed by atoms with Gasteiger partial charge in [0, 0.05) is 11.8 Å². The second-order valence-corrected chi connectivity index (χ2v) is 6.43. The molecule has 0 bridgehead atoms. The molecule has 162 valence electrons. The van der Waals surface area contributed by atoms with Gasteiger partial charge in [0.25, 0.3) is 0 Å². The molecule has 1 heterocycles. The zero-order valence-corrected chi connectivity index (χ0v) is 15.3. The largest absolute Gasteiger partial charge is 0.469 e. The number of carbonyl (C=O) groups is 1. The van der Waals surface area contributed by atoms with Crippen molar-refractivity contribution in [3.05, 3.63) is 41.3 Å². The van der Waals surface area contributed by atoms with Crippen LogP contribution in [0.2, 0.25) is 0 Å². The summed E-state index contributed by atoms with van der Waals surface area (Å²) in [5.41, 5.74) is 5.21. The fourth-order valence-electron chi connectivity index (χ4n) is 2.99. The molecule has 0 saturated carbocycles. The molecule has 1 aliphatic rings. The van der Waals surface area contributed by atoms with Crippen LogP contribution in [-0.4, -0.2) is 70.5 Å². The zero-order chi connectivity index (χ0) is 21.9. The quantitative estimate of drug-likeness (QED) is 0.168. The topological polar surface area (TPSA) is 152 Å². The van der Waals surface area contributed by atoms with Crippen molar-refractivity contribution in [1.29, 1.82) is 0 Å². The number of hydrogen-bond acceptors (Lipinski definition) is 9. The maximum atomic E-state index is 13.4. The fraction of sp³-hybridized carbons (Fsp3) is 0.471. The Morgan fingerprint density at radius 2 is 1.79 bits per heavy atom. The maximum Gasteiger partial charge on any atom is 0.308 e. The lowest BCUT2D eigenvalue weighted by Crippen LogP contribution is -2.65. The molecule has 5 unspecified atom stereocenters. The minimum absolute atomic E-state index is 0.238. The Morgan fingerprint density at radius 3 is 2.31 bits per heavy atom. The molecular weight excluding hydrogens is 399 g/mol. The molecule has 5 atom stereocenters. The Balaban J connectivity index is 2.31. The van der Waals surface area contributed by atoms with Crippen molar-refractivity contribution in [3.8, 4) is 0 Å². The molecule has 0 spiro atoms. The Morgan fingerprint density at radius 1 is 1.24 bits per heavy atom. The van der Waals surface area contributed by atoms with Crippen molar-refractivity contribution in [2.75, 3.05) is 13.7 Å². The molecule has 2 rings (SSSR count). The van der Waals surface area contributed by atoms with Crippen LogP contribution in [-0.2, 0) is 14.3 Å². The van der Waals surface area contributed by atoms with Crippen molar-refractivity contribution in [2.24, 2.45) is 11.6 Å². The fourth-order valence-corrected chi connectivity index (χ4v) is 2.99. The van der Waals surface area contributed by atoms with Crippen LogP contribution < -0.4 is 11.6 Å². The van der Waals surface area contributed by atoms with E-state index in [4.69, 9.17) is 16.3 Å². The van der Waals surface area contributed by atoms with E-state index in [0.717, 1.165) is 18.3 Å². The first-order valence-electron chi connectivity index (χ1n) is 8.45. The highest BCUT2D eigenvalue weighted by Crippen LogP contribution is 2.27. The number of rotatable bonds is 6. The van der Waals surface area contributed by atoms with E-state index in [9.17, 15) is 33.3 Å². The molecule has 0 aromatic heterocycles. The highest BCUT2D eigenvalue weighted by atomic mass is 19.2. The first-order chi connectivity index (χ1) is 13.6. The number of benzene rings is 1. The van der Waals surface area contributed by atoms with Gasteiger partial charge in [0.15, 0.2) is 17.5 Å². The van der Waals surface area contributed by atoms with Crippen LogP contribution in [0.25, 0.3) is 5.70 Å². The van der Waals surface area contributed by atoms with E-state index >= 15 is 0 Å². The van der Waals surface area contributed by atoms with Crippen molar-refractivity contribution in [3.63, 3.8) is 0 Å². The molecule has 1 aromatic rings. The van der Waals surface area contributed by atoms with Crippen molar-refractivity contribution < 1.29 is 42.8 Å². The van der Waals surface area contributed by atoms with Gasteiger partial charge in [-0.1, -0.05) is 0 Å². The second kappa shape index (κ2) is 9.41. The predicted molar refractivity (Wildman–Crippen MR) is 92.7 cm³/mol. The number of aliphatic hydroxyl groups is 3. The van der Waals surface area contributed by atoms with Crippen LogP contribution in [0.1, 0.15) is 12.0 Å². The van der Waals surface area contributed by atoms with Gasteiger partial charge in [-0.25, -0.2) is 19.0 Å². The molecule has 1 aromatic carbocycles. The van der Waals surface area contributed by atoms with Crippen LogP contribution in [0, 0.1) is 17.5 Å². The monoisotopic (exact) mass is 421 g/mol. The van der Waals surface area contributed by atoms with Crippen LogP contribution in [0.15, 0.2) is 18.3 Å². The Labute approximate surface area is 163 Å². The number of esters is 1. The third-order valence-corrected chi connectivity index (χ3v) is 4.54. The molecule has 7 N–H and O–H groups in total. The van der Waals surface area contributed by atoms with Gasteiger partial charge in [-0.3, -0.25) is 4.79 Å². The first kappa shape index (κ1) is 22.9. The number of carbonyl (C=O) groups excluding carboxylic acids is 1. The lowest BCUT2D eigenvalue weighted by Gasteiger charge is -2.45. The summed E-state index contributed by atoms with van der Waals surface area (Å²) in [4.78, 5) is 11.5. The molecule has 1 fully saturated rings. The molecule has 12 heteroatoms. The van der Waals surface area contributed by atoms with Crippen LogP contribution in [0.4, 0.5) is 13.2 Å². The Bertz CT molecular complexity index is 758. The van der Waals surface area contributed by atoms with Gasteiger partial charge in [0.1, 0.15) is 24.4 Å². The van der Waals surface area contributed by atoms with Crippen molar-refractivity contribution >= 4 is 11.7 Å². The Kier molecular flexibility index (Phi) is 7.43. The molecule has 0 aliphatic carbocycles. The van der Waals surface area contributed by atoms with Crippen LogP contribution >= 0.6 is 0 Å². The van der Waals surface area contributed by atoms with E-state index in [1.165, 1.54) is 0 Å². The number of methoxy groups -OCH3 is 1. The average Bonchev–Trinajstić information content (AvgIpc) is 2.67. The standard InChI is InChI=1S/C17H22F3N3O6/c1-28-13(25)4-11-16(26)15(17(27)12(6-24)29-11)23(22)5-10(21)7-2-8(18)14(20)9(19)3-7/h2-3,5,11-12,15-17,24,26-27H,4,6,21-22H2,1H3/b10-5-. The van der Waals surface area contributed by atoms with Crippen LogP contribution in [0.3, 0.4) is 0 Å².